The molecule has 35 heavy (non-hydrogen) atoms. The van der Waals surface area contributed by atoms with Crippen molar-refractivity contribution in [2.24, 2.45) is 5.92 Å². The van der Waals surface area contributed by atoms with Crippen molar-refractivity contribution in [3.63, 3.8) is 0 Å². The summed E-state index contributed by atoms with van der Waals surface area (Å²) in [4.78, 5) is 13.3. The van der Waals surface area contributed by atoms with E-state index in [0.29, 0.717) is 28.1 Å². The maximum Gasteiger partial charge on any atom is 0.264 e. The molecule has 0 aliphatic heterocycles. The number of amides is 1. The smallest absolute Gasteiger partial charge is 0.264 e. The normalized spacial score (nSPS) is 12.3. The molecule has 0 fully saturated rings. The number of hydrogen-bond acceptors (Lipinski definition) is 4. The number of nitrogens with one attached hydrogen (secondary N) is 1. The van der Waals surface area contributed by atoms with Gasteiger partial charge in [0.15, 0.2) is 0 Å². The number of anilines is 1. The summed E-state index contributed by atoms with van der Waals surface area (Å²) < 4.78 is 33.4. The van der Waals surface area contributed by atoms with Crippen LogP contribution in [0.4, 0.5) is 5.69 Å². The summed E-state index contributed by atoms with van der Waals surface area (Å²) in [5.74, 6) is 0.567. The Morgan fingerprint density at radius 2 is 1.63 bits per heavy atom. The van der Waals surface area contributed by atoms with E-state index in [-0.39, 0.29) is 16.6 Å². The zero-order valence-corrected chi connectivity index (χ0v) is 22.1. The lowest BCUT2D eigenvalue weighted by molar-refractivity contribution is -0.120. The first-order valence-electron chi connectivity index (χ1n) is 11.1. The predicted molar refractivity (Wildman–Crippen MR) is 141 cm³/mol. The third kappa shape index (κ3) is 7.13. The number of halogens is 2. The van der Waals surface area contributed by atoms with E-state index in [0.717, 1.165) is 9.87 Å². The second-order valence-corrected chi connectivity index (χ2v) is 11.2. The van der Waals surface area contributed by atoms with Crippen molar-refractivity contribution < 1.29 is 17.9 Å². The molecule has 0 aromatic heterocycles. The van der Waals surface area contributed by atoms with Crippen LogP contribution in [0.2, 0.25) is 10.0 Å². The third-order valence-corrected chi connectivity index (χ3v) is 7.62. The number of rotatable bonds is 10. The molecule has 1 N–H and O–H groups in total. The molecule has 0 unspecified atom stereocenters. The molecule has 3 aromatic rings. The highest BCUT2D eigenvalue weighted by atomic mass is 35.5. The fraction of sp³-hybridized carbons (Fsp3) is 0.269. The molecule has 0 radical (unpaired) electrons. The number of methoxy groups -OCH3 is 1. The SMILES string of the molecule is COc1ccc([C@H](CC(C)C)NC(=O)CN(c2cccc(Cl)c2)S(=O)(=O)c2ccc(Cl)cc2)cc1. The van der Waals surface area contributed by atoms with Crippen LogP contribution in [-0.4, -0.2) is 28.0 Å². The number of hydrogen-bond donors (Lipinski definition) is 1. The van der Waals surface area contributed by atoms with E-state index < -0.39 is 22.5 Å². The monoisotopic (exact) mass is 534 g/mol. The second kappa shape index (κ2) is 11.8. The van der Waals surface area contributed by atoms with Gasteiger partial charge in [-0.05, 0) is 72.5 Å². The maximum atomic E-state index is 13.5. The summed E-state index contributed by atoms with van der Waals surface area (Å²) in [6.45, 7) is 3.70. The van der Waals surface area contributed by atoms with Gasteiger partial charge in [-0.15, -0.1) is 0 Å². The van der Waals surface area contributed by atoms with Crippen LogP contribution in [0.1, 0.15) is 31.9 Å². The molecule has 3 rings (SSSR count). The van der Waals surface area contributed by atoms with Gasteiger partial charge in [0.2, 0.25) is 5.91 Å². The molecular weight excluding hydrogens is 507 g/mol. The van der Waals surface area contributed by atoms with Crippen LogP contribution >= 0.6 is 23.2 Å². The van der Waals surface area contributed by atoms with Gasteiger partial charge in [-0.1, -0.05) is 55.2 Å². The molecule has 1 atom stereocenters. The summed E-state index contributed by atoms with van der Waals surface area (Å²) in [5, 5.41) is 3.78. The molecule has 0 bridgehead atoms. The lowest BCUT2D eigenvalue weighted by Crippen LogP contribution is -2.42. The van der Waals surface area contributed by atoms with E-state index >= 15 is 0 Å². The molecule has 0 aliphatic carbocycles. The summed E-state index contributed by atoms with van der Waals surface area (Å²) in [7, 11) is -2.49. The van der Waals surface area contributed by atoms with Crippen molar-refractivity contribution in [1.82, 2.24) is 5.32 Å². The fourth-order valence-electron chi connectivity index (χ4n) is 3.64. The molecular formula is C26H28Cl2N2O4S. The summed E-state index contributed by atoms with van der Waals surface area (Å²) >= 11 is 12.1. The zero-order chi connectivity index (χ0) is 25.6. The molecule has 0 saturated heterocycles. The lowest BCUT2D eigenvalue weighted by atomic mass is 9.97. The van der Waals surface area contributed by atoms with Crippen LogP contribution in [0.5, 0.6) is 5.75 Å². The molecule has 0 saturated carbocycles. The fourth-order valence-corrected chi connectivity index (χ4v) is 5.36. The summed E-state index contributed by atoms with van der Waals surface area (Å²) in [5.41, 5.74) is 1.19. The molecule has 0 spiro atoms. The Bertz CT molecular complexity index is 1250. The third-order valence-electron chi connectivity index (χ3n) is 5.35. The Morgan fingerprint density at radius 1 is 0.971 bits per heavy atom. The van der Waals surface area contributed by atoms with Crippen molar-refractivity contribution >= 4 is 44.8 Å². The quantitative estimate of drug-likeness (QED) is 0.340. The lowest BCUT2D eigenvalue weighted by Gasteiger charge is -2.27. The van der Waals surface area contributed by atoms with Crippen LogP contribution < -0.4 is 14.4 Å². The molecule has 1 amide bonds. The maximum absolute atomic E-state index is 13.5. The largest absolute Gasteiger partial charge is 0.497 e. The topological polar surface area (TPSA) is 75.7 Å². The highest BCUT2D eigenvalue weighted by Gasteiger charge is 2.28. The first-order chi connectivity index (χ1) is 16.6. The minimum Gasteiger partial charge on any atom is -0.497 e. The Labute approximate surface area is 216 Å². The van der Waals surface area contributed by atoms with Gasteiger partial charge in [-0.3, -0.25) is 9.10 Å². The first kappa shape index (κ1) is 26.9. The van der Waals surface area contributed by atoms with Crippen molar-refractivity contribution in [2.45, 2.75) is 31.2 Å². The molecule has 6 nitrogen and oxygen atoms in total. The van der Waals surface area contributed by atoms with E-state index in [1.54, 1.807) is 25.3 Å². The molecule has 186 valence electrons. The Hall–Kier alpha value is -2.74. The first-order valence-corrected chi connectivity index (χ1v) is 13.3. The van der Waals surface area contributed by atoms with E-state index in [2.05, 4.69) is 19.2 Å². The van der Waals surface area contributed by atoms with Gasteiger partial charge in [0, 0.05) is 10.0 Å². The van der Waals surface area contributed by atoms with Crippen LogP contribution in [0.15, 0.2) is 77.7 Å². The van der Waals surface area contributed by atoms with Crippen molar-refractivity contribution in [3.05, 3.63) is 88.4 Å². The van der Waals surface area contributed by atoms with Gasteiger partial charge < -0.3 is 10.1 Å². The molecule has 3 aromatic carbocycles. The van der Waals surface area contributed by atoms with E-state index in [4.69, 9.17) is 27.9 Å². The van der Waals surface area contributed by atoms with Crippen molar-refractivity contribution in [3.8, 4) is 5.75 Å². The average molecular weight is 535 g/mol. The second-order valence-electron chi connectivity index (χ2n) is 8.47. The highest BCUT2D eigenvalue weighted by Crippen LogP contribution is 2.28. The number of carbonyl (C=O) groups is 1. The van der Waals surface area contributed by atoms with Crippen LogP contribution in [-0.2, 0) is 14.8 Å². The molecule has 9 heteroatoms. The van der Waals surface area contributed by atoms with Gasteiger partial charge in [0.05, 0.1) is 23.7 Å². The number of sulfonamides is 1. The minimum atomic E-state index is -4.08. The van der Waals surface area contributed by atoms with Crippen LogP contribution in [0.3, 0.4) is 0 Å². The van der Waals surface area contributed by atoms with Gasteiger partial charge in [-0.25, -0.2) is 8.42 Å². The standard InChI is InChI=1S/C26H28Cl2N2O4S/c1-18(2)15-25(19-7-11-23(34-3)12-8-19)29-26(31)17-30(22-6-4-5-21(28)16-22)35(32,33)24-13-9-20(27)10-14-24/h4-14,16,18,25H,15,17H2,1-3H3,(H,29,31)/t25-/m0/s1. The Morgan fingerprint density at radius 3 is 2.20 bits per heavy atom. The molecule has 0 aliphatic rings. The van der Waals surface area contributed by atoms with Crippen LogP contribution in [0, 0.1) is 5.92 Å². The zero-order valence-electron chi connectivity index (χ0n) is 19.7. The van der Waals surface area contributed by atoms with Crippen molar-refractivity contribution in [1.29, 1.82) is 0 Å². The van der Waals surface area contributed by atoms with Gasteiger partial charge in [-0.2, -0.15) is 0 Å². The van der Waals surface area contributed by atoms with Gasteiger partial charge >= 0.3 is 0 Å². The number of ether oxygens (including phenoxy) is 1. The summed E-state index contributed by atoms with van der Waals surface area (Å²) in [6.07, 6.45) is 0.680. The Kier molecular flexibility index (Phi) is 9.05. The molecule has 0 heterocycles. The average Bonchev–Trinajstić information content (AvgIpc) is 2.82. The number of nitrogens with zero attached hydrogens (tertiary/aromatic N) is 1. The van der Waals surface area contributed by atoms with E-state index in [9.17, 15) is 13.2 Å². The minimum absolute atomic E-state index is 0.0172. The summed E-state index contributed by atoms with van der Waals surface area (Å²) in [6, 6.07) is 19.3. The van der Waals surface area contributed by atoms with Crippen molar-refractivity contribution in [2.75, 3.05) is 18.0 Å². The number of benzene rings is 3. The predicted octanol–water partition coefficient (Wildman–Crippen LogP) is 6.10. The Balaban J connectivity index is 1.92. The van der Waals surface area contributed by atoms with Crippen LogP contribution in [0.25, 0.3) is 0 Å². The van der Waals surface area contributed by atoms with Gasteiger partial charge in [0.25, 0.3) is 10.0 Å². The van der Waals surface area contributed by atoms with Gasteiger partial charge in [0.1, 0.15) is 12.3 Å². The van der Waals surface area contributed by atoms with E-state index in [1.807, 2.05) is 24.3 Å². The van der Waals surface area contributed by atoms with E-state index in [1.165, 1.54) is 30.3 Å². The number of carbonyl (C=O) groups excluding carboxylic acids is 1. The highest BCUT2D eigenvalue weighted by molar-refractivity contribution is 7.92.